The molecule has 34 heavy (non-hydrogen) atoms. The summed E-state index contributed by atoms with van der Waals surface area (Å²) in [6.45, 7) is 10.0. The van der Waals surface area contributed by atoms with Crippen LogP contribution in [0.3, 0.4) is 0 Å². The van der Waals surface area contributed by atoms with Gasteiger partial charge in [-0.15, -0.1) is 0 Å². The van der Waals surface area contributed by atoms with E-state index in [1.54, 1.807) is 12.1 Å². The number of carbonyl (C=O) groups excluding carboxylic acids is 1. The van der Waals surface area contributed by atoms with E-state index in [4.69, 9.17) is 11.6 Å². The summed E-state index contributed by atoms with van der Waals surface area (Å²) in [5.41, 5.74) is 0.183. The van der Waals surface area contributed by atoms with Gasteiger partial charge in [0.25, 0.3) is 15.6 Å². The molecule has 2 amide bonds. The van der Waals surface area contributed by atoms with Gasteiger partial charge in [0, 0.05) is 23.5 Å². The molecule has 9 nitrogen and oxygen atoms in total. The van der Waals surface area contributed by atoms with E-state index in [1.807, 2.05) is 44.3 Å². The Morgan fingerprint density at radius 2 is 1.65 bits per heavy atom. The number of aromatic amines is 1. The molecule has 0 bridgehead atoms. The van der Waals surface area contributed by atoms with Crippen molar-refractivity contribution >= 4 is 33.3 Å². The van der Waals surface area contributed by atoms with Gasteiger partial charge < -0.3 is 5.32 Å². The van der Waals surface area contributed by atoms with Crippen LogP contribution < -0.4 is 21.3 Å². The van der Waals surface area contributed by atoms with Crippen molar-refractivity contribution in [2.45, 2.75) is 83.6 Å². The summed E-state index contributed by atoms with van der Waals surface area (Å²) < 4.78 is 28.7. The summed E-state index contributed by atoms with van der Waals surface area (Å²) in [6, 6.07) is 2.43. The Kier molecular flexibility index (Phi) is 9.52. The number of anilines is 1. The predicted octanol–water partition coefficient (Wildman–Crippen LogP) is 4.53. The minimum atomic E-state index is -4.55. The summed E-state index contributed by atoms with van der Waals surface area (Å²) >= 11 is 6.24. The fourth-order valence-corrected chi connectivity index (χ4v) is 4.78. The van der Waals surface area contributed by atoms with E-state index in [1.165, 1.54) is 0 Å². The van der Waals surface area contributed by atoms with Crippen molar-refractivity contribution in [2.75, 3.05) is 5.32 Å². The highest BCUT2D eigenvalue weighted by molar-refractivity contribution is 7.90. The average molecular weight is 513 g/mol. The number of nitrogens with one attached hydrogen (secondary N) is 3. The van der Waals surface area contributed by atoms with Gasteiger partial charge in [-0.2, -0.15) is 0 Å². The van der Waals surface area contributed by atoms with Crippen LogP contribution in [0, 0.1) is 0 Å². The van der Waals surface area contributed by atoms with Crippen molar-refractivity contribution < 1.29 is 13.2 Å². The average Bonchev–Trinajstić information content (AvgIpc) is 2.72. The van der Waals surface area contributed by atoms with Crippen molar-refractivity contribution in [3.05, 3.63) is 55.3 Å². The number of aryl methyl sites for hydroxylation is 1. The number of aromatic nitrogens is 2. The van der Waals surface area contributed by atoms with Gasteiger partial charge >= 0.3 is 11.7 Å². The van der Waals surface area contributed by atoms with Gasteiger partial charge in [-0.3, -0.25) is 14.3 Å². The molecule has 0 unspecified atom stereocenters. The standard InChI is InChI=1S/C23H33ClN4O5S/c1-6-7-8-9-10-28-13-19(21(29)26-23(28)31)34(32,33)27-22(30)25-20-17(14(2)3)11-16(24)12-18(20)15(4)5/h11-15H,6-10H2,1-5H3,(H2,25,27,30)(H,26,29,31). The fourth-order valence-electron chi connectivity index (χ4n) is 3.58. The Morgan fingerprint density at radius 1 is 1.06 bits per heavy atom. The third-order valence-corrected chi connectivity index (χ3v) is 6.94. The Balaban J connectivity index is 2.34. The topological polar surface area (TPSA) is 130 Å². The Labute approximate surface area is 205 Å². The summed E-state index contributed by atoms with van der Waals surface area (Å²) in [6.07, 6.45) is 4.47. The highest BCUT2D eigenvalue weighted by Gasteiger charge is 2.25. The molecule has 0 saturated carbocycles. The molecule has 0 aliphatic carbocycles. The highest BCUT2D eigenvalue weighted by Crippen LogP contribution is 2.35. The van der Waals surface area contributed by atoms with Crippen LogP contribution in [0.15, 0.2) is 32.8 Å². The molecule has 1 aromatic heterocycles. The molecule has 0 aliphatic heterocycles. The first kappa shape index (κ1) is 27.7. The molecule has 11 heteroatoms. The van der Waals surface area contributed by atoms with Crippen LogP contribution in [0.1, 0.15) is 83.3 Å². The van der Waals surface area contributed by atoms with E-state index in [9.17, 15) is 22.8 Å². The zero-order valence-electron chi connectivity index (χ0n) is 20.2. The SMILES string of the molecule is CCCCCCn1cc(S(=O)(=O)NC(=O)Nc2c(C(C)C)cc(Cl)cc2C(C)C)c(=O)[nH]c1=O. The third kappa shape index (κ3) is 6.96. The number of carbonyl (C=O) groups is 1. The van der Waals surface area contributed by atoms with Gasteiger partial charge in [-0.05, 0) is 41.5 Å². The maximum atomic E-state index is 12.9. The molecule has 0 spiro atoms. The number of rotatable bonds is 10. The van der Waals surface area contributed by atoms with Crippen LogP contribution in [-0.2, 0) is 16.6 Å². The highest BCUT2D eigenvalue weighted by atomic mass is 35.5. The second-order valence-electron chi connectivity index (χ2n) is 8.83. The Hall–Kier alpha value is -2.59. The monoisotopic (exact) mass is 512 g/mol. The first-order chi connectivity index (χ1) is 15.9. The van der Waals surface area contributed by atoms with Crippen LogP contribution in [0.5, 0.6) is 0 Å². The van der Waals surface area contributed by atoms with E-state index in [0.29, 0.717) is 17.1 Å². The van der Waals surface area contributed by atoms with Crippen molar-refractivity contribution in [3.63, 3.8) is 0 Å². The maximum absolute atomic E-state index is 12.9. The van der Waals surface area contributed by atoms with Crippen molar-refractivity contribution in [1.29, 1.82) is 0 Å². The molecule has 3 N–H and O–H groups in total. The largest absolute Gasteiger partial charge is 0.333 e. The second kappa shape index (κ2) is 11.7. The maximum Gasteiger partial charge on any atom is 0.333 e. The summed E-state index contributed by atoms with van der Waals surface area (Å²) in [4.78, 5) is 38.4. The van der Waals surface area contributed by atoms with Crippen molar-refractivity contribution in [1.82, 2.24) is 14.3 Å². The van der Waals surface area contributed by atoms with Gasteiger partial charge in [0.05, 0.1) is 0 Å². The number of halogens is 1. The van der Waals surface area contributed by atoms with Gasteiger partial charge in [0.1, 0.15) is 0 Å². The normalized spacial score (nSPS) is 11.8. The number of hydrogen-bond donors (Lipinski definition) is 3. The van der Waals surface area contributed by atoms with E-state index in [0.717, 1.165) is 41.2 Å². The van der Waals surface area contributed by atoms with Crippen LogP contribution >= 0.6 is 11.6 Å². The molecule has 0 atom stereocenters. The van der Waals surface area contributed by atoms with Crippen LogP contribution in [-0.4, -0.2) is 24.0 Å². The van der Waals surface area contributed by atoms with Gasteiger partial charge in [-0.25, -0.2) is 22.7 Å². The van der Waals surface area contributed by atoms with Crippen molar-refractivity contribution in [2.24, 2.45) is 0 Å². The number of nitrogens with zero attached hydrogens (tertiary/aromatic N) is 1. The number of benzene rings is 1. The number of hydrogen-bond acceptors (Lipinski definition) is 5. The molecule has 1 aromatic carbocycles. The zero-order valence-corrected chi connectivity index (χ0v) is 21.8. The first-order valence-electron chi connectivity index (χ1n) is 11.4. The number of H-pyrrole nitrogens is 1. The van der Waals surface area contributed by atoms with E-state index in [2.05, 4.69) is 5.32 Å². The lowest BCUT2D eigenvalue weighted by atomic mass is 9.92. The molecule has 2 aromatic rings. The molecule has 2 rings (SSSR count). The number of unbranched alkanes of at least 4 members (excludes halogenated alkanes) is 3. The van der Waals surface area contributed by atoms with Gasteiger partial charge in [-0.1, -0.05) is 65.5 Å². The van der Waals surface area contributed by atoms with Crippen LogP contribution in [0.25, 0.3) is 0 Å². The second-order valence-corrected chi connectivity index (χ2v) is 10.9. The summed E-state index contributed by atoms with van der Waals surface area (Å²) in [5, 5.41) is 3.13. The third-order valence-electron chi connectivity index (χ3n) is 5.39. The molecular formula is C23H33ClN4O5S. The van der Waals surface area contributed by atoms with E-state index in [-0.39, 0.29) is 18.4 Å². The first-order valence-corrected chi connectivity index (χ1v) is 13.2. The summed E-state index contributed by atoms with van der Waals surface area (Å²) in [7, 11) is -4.55. The fraction of sp³-hybridized carbons (Fsp3) is 0.522. The number of sulfonamides is 1. The minimum absolute atomic E-state index is 0.00205. The smallest absolute Gasteiger partial charge is 0.307 e. The Bertz CT molecular complexity index is 1220. The number of urea groups is 1. The van der Waals surface area contributed by atoms with E-state index < -0.39 is 32.2 Å². The molecule has 188 valence electrons. The Morgan fingerprint density at radius 3 is 2.18 bits per heavy atom. The lowest BCUT2D eigenvalue weighted by molar-refractivity contribution is 0.256. The van der Waals surface area contributed by atoms with Gasteiger partial charge in [0.2, 0.25) is 0 Å². The number of amides is 2. The molecule has 0 radical (unpaired) electrons. The lowest BCUT2D eigenvalue weighted by Gasteiger charge is -2.21. The lowest BCUT2D eigenvalue weighted by Crippen LogP contribution is -2.40. The molecule has 0 aliphatic rings. The van der Waals surface area contributed by atoms with Crippen molar-refractivity contribution in [3.8, 4) is 0 Å². The van der Waals surface area contributed by atoms with Gasteiger partial charge in [0.15, 0.2) is 4.90 Å². The van der Waals surface area contributed by atoms with Crippen LogP contribution in [0.4, 0.5) is 10.5 Å². The van der Waals surface area contributed by atoms with E-state index >= 15 is 0 Å². The zero-order chi connectivity index (χ0) is 25.6. The quantitative estimate of drug-likeness (QED) is 0.403. The summed E-state index contributed by atoms with van der Waals surface area (Å²) in [5.74, 6) is 0.00410. The molecular weight excluding hydrogens is 480 g/mol. The minimum Gasteiger partial charge on any atom is -0.307 e. The van der Waals surface area contributed by atoms with Crippen LogP contribution in [0.2, 0.25) is 5.02 Å². The molecule has 0 fully saturated rings. The molecule has 0 saturated heterocycles. The predicted molar refractivity (Wildman–Crippen MR) is 134 cm³/mol. The molecule has 1 heterocycles.